The lowest BCUT2D eigenvalue weighted by molar-refractivity contribution is 0.247. The van der Waals surface area contributed by atoms with Crippen LogP contribution in [0.15, 0.2) is 59.4 Å². The Morgan fingerprint density at radius 1 is 0.903 bits per heavy atom. The van der Waals surface area contributed by atoms with Crippen LogP contribution < -0.4 is 10.5 Å². The average molecular weight is 415 g/mol. The van der Waals surface area contributed by atoms with Crippen molar-refractivity contribution < 1.29 is 0 Å². The van der Waals surface area contributed by atoms with E-state index in [4.69, 9.17) is 0 Å². The number of aromatic nitrogens is 4. The number of nitrogens with one attached hydrogen (secondary N) is 1. The number of hydrogen-bond acceptors (Lipinski definition) is 5. The molecule has 0 unspecified atom stereocenters. The van der Waals surface area contributed by atoms with Crippen molar-refractivity contribution in [3.05, 3.63) is 81.8 Å². The maximum Gasteiger partial charge on any atom is 0.274 e. The van der Waals surface area contributed by atoms with Gasteiger partial charge in [0.1, 0.15) is 0 Å². The molecule has 0 spiro atoms. The van der Waals surface area contributed by atoms with Crippen molar-refractivity contribution in [3.63, 3.8) is 0 Å². The SMILES string of the molecule is Cc1ccc(-c2nc3nc(CN4CCN(c5ccccc5)CC4)cc(=O)n3[nH]2)cc1C. The molecule has 4 aromatic rings. The first-order valence-electron chi connectivity index (χ1n) is 10.7. The van der Waals surface area contributed by atoms with E-state index in [1.165, 1.54) is 21.3 Å². The van der Waals surface area contributed by atoms with E-state index in [1.54, 1.807) is 6.07 Å². The predicted molar refractivity (Wildman–Crippen MR) is 122 cm³/mol. The number of hydrogen-bond donors (Lipinski definition) is 1. The molecule has 1 saturated heterocycles. The van der Waals surface area contributed by atoms with E-state index in [-0.39, 0.29) is 5.56 Å². The van der Waals surface area contributed by atoms with Crippen molar-refractivity contribution >= 4 is 11.5 Å². The highest BCUT2D eigenvalue weighted by Gasteiger charge is 2.18. The average Bonchev–Trinajstić information content (AvgIpc) is 3.22. The summed E-state index contributed by atoms with van der Waals surface area (Å²) in [7, 11) is 0. The minimum absolute atomic E-state index is 0.134. The summed E-state index contributed by atoms with van der Waals surface area (Å²) in [4.78, 5) is 26.7. The van der Waals surface area contributed by atoms with Gasteiger partial charge < -0.3 is 4.90 Å². The van der Waals surface area contributed by atoms with Crippen LogP contribution in [0.2, 0.25) is 0 Å². The summed E-state index contributed by atoms with van der Waals surface area (Å²) >= 11 is 0. The summed E-state index contributed by atoms with van der Waals surface area (Å²) in [5.74, 6) is 1.07. The lowest BCUT2D eigenvalue weighted by Crippen LogP contribution is -2.46. The van der Waals surface area contributed by atoms with Crippen LogP contribution in [0.5, 0.6) is 0 Å². The summed E-state index contributed by atoms with van der Waals surface area (Å²) in [6, 6.07) is 18.2. The van der Waals surface area contributed by atoms with Gasteiger partial charge in [-0.05, 0) is 43.2 Å². The molecule has 0 bridgehead atoms. The topological polar surface area (TPSA) is 69.5 Å². The Labute approximate surface area is 181 Å². The quantitative estimate of drug-likeness (QED) is 0.556. The van der Waals surface area contributed by atoms with Crippen LogP contribution in [0.1, 0.15) is 16.8 Å². The van der Waals surface area contributed by atoms with Crippen LogP contribution in [-0.4, -0.2) is 50.7 Å². The Kier molecular flexibility index (Phi) is 5.03. The third-order valence-electron chi connectivity index (χ3n) is 6.04. The van der Waals surface area contributed by atoms with E-state index in [0.29, 0.717) is 18.1 Å². The van der Waals surface area contributed by atoms with E-state index < -0.39 is 0 Å². The third-order valence-corrected chi connectivity index (χ3v) is 6.04. The highest BCUT2D eigenvalue weighted by molar-refractivity contribution is 5.59. The van der Waals surface area contributed by atoms with Crippen LogP contribution in [0.4, 0.5) is 5.69 Å². The zero-order valence-corrected chi connectivity index (χ0v) is 17.9. The van der Waals surface area contributed by atoms with E-state index in [2.05, 4.69) is 75.1 Å². The smallest absolute Gasteiger partial charge is 0.274 e. The molecule has 7 heteroatoms. The molecule has 158 valence electrons. The van der Waals surface area contributed by atoms with Crippen molar-refractivity contribution in [2.75, 3.05) is 31.1 Å². The normalized spacial score (nSPS) is 15.0. The summed E-state index contributed by atoms with van der Waals surface area (Å²) < 4.78 is 1.42. The van der Waals surface area contributed by atoms with Gasteiger partial charge >= 0.3 is 0 Å². The van der Waals surface area contributed by atoms with E-state index in [1.807, 2.05) is 12.1 Å². The fourth-order valence-corrected chi connectivity index (χ4v) is 4.06. The molecule has 0 radical (unpaired) electrons. The van der Waals surface area contributed by atoms with Gasteiger partial charge in [0.05, 0.1) is 5.69 Å². The molecule has 2 aromatic carbocycles. The van der Waals surface area contributed by atoms with Crippen LogP contribution in [-0.2, 0) is 6.54 Å². The Bertz CT molecular complexity index is 1270. The van der Waals surface area contributed by atoms with Crippen molar-refractivity contribution in [2.24, 2.45) is 0 Å². The van der Waals surface area contributed by atoms with Gasteiger partial charge in [-0.2, -0.15) is 9.50 Å². The zero-order chi connectivity index (χ0) is 21.4. The molecule has 31 heavy (non-hydrogen) atoms. The molecule has 5 rings (SSSR count). The van der Waals surface area contributed by atoms with Gasteiger partial charge in [-0.1, -0.05) is 30.3 Å². The van der Waals surface area contributed by atoms with Crippen molar-refractivity contribution in [3.8, 4) is 11.4 Å². The van der Waals surface area contributed by atoms with Crippen LogP contribution in [0.25, 0.3) is 17.2 Å². The number of fused-ring (bicyclic) bond motifs is 1. The van der Waals surface area contributed by atoms with Crippen LogP contribution >= 0.6 is 0 Å². The van der Waals surface area contributed by atoms with Gasteiger partial charge in [-0.25, -0.2) is 4.98 Å². The Balaban J connectivity index is 1.33. The molecule has 0 atom stereocenters. The Hall–Kier alpha value is -3.45. The minimum Gasteiger partial charge on any atom is -0.369 e. The second kappa shape index (κ2) is 8.00. The molecule has 0 saturated carbocycles. The lowest BCUT2D eigenvalue weighted by atomic mass is 10.1. The van der Waals surface area contributed by atoms with Gasteiger partial charge in [0, 0.05) is 50.0 Å². The lowest BCUT2D eigenvalue weighted by Gasteiger charge is -2.35. The van der Waals surface area contributed by atoms with Gasteiger partial charge in [0.15, 0.2) is 5.82 Å². The van der Waals surface area contributed by atoms with Gasteiger partial charge in [-0.3, -0.25) is 14.8 Å². The number of aryl methyl sites for hydroxylation is 2. The van der Waals surface area contributed by atoms with Crippen molar-refractivity contribution in [1.29, 1.82) is 0 Å². The molecule has 1 fully saturated rings. The second-order valence-electron chi connectivity index (χ2n) is 8.19. The molecule has 2 aromatic heterocycles. The molecule has 1 aliphatic heterocycles. The second-order valence-corrected chi connectivity index (χ2v) is 8.19. The number of nitrogens with zero attached hydrogens (tertiary/aromatic N) is 5. The first-order valence-corrected chi connectivity index (χ1v) is 10.7. The molecule has 1 aliphatic rings. The van der Waals surface area contributed by atoms with E-state index in [9.17, 15) is 4.79 Å². The molecular formula is C24H26N6O. The molecule has 7 nitrogen and oxygen atoms in total. The monoisotopic (exact) mass is 414 g/mol. The van der Waals surface area contributed by atoms with Gasteiger partial charge in [0.25, 0.3) is 11.3 Å². The number of aromatic amines is 1. The summed E-state index contributed by atoms with van der Waals surface area (Å²) in [6.07, 6.45) is 0. The maximum absolute atomic E-state index is 12.7. The molecule has 1 N–H and O–H groups in total. The van der Waals surface area contributed by atoms with Crippen LogP contribution in [0, 0.1) is 13.8 Å². The first-order chi connectivity index (χ1) is 15.1. The Morgan fingerprint density at radius 2 is 1.68 bits per heavy atom. The number of anilines is 1. The predicted octanol–water partition coefficient (Wildman–Crippen LogP) is 3.02. The summed E-state index contributed by atoms with van der Waals surface area (Å²) in [6.45, 7) is 8.60. The number of para-hydroxylation sites is 1. The number of benzene rings is 2. The Morgan fingerprint density at radius 3 is 2.42 bits per heavy atom. The largest absolute Gasteiger partial charge is 0.369 e. The van der Waals surface area contributed by atoms with E-state index in [0.717, 1.165) is 37.4 Å². The zero-order valence-electron chi connectivity index (χ0n) is 17.9. The summed E-state index contributed by atoms with van der Waals surface area (Å²) in [5, 5.41) is 3.09. The molecule has 3 heterocycles. The van der Waals surface area contributed by atoms with Crippen LogP contribution in [0.3, 0.4) is 0 Å². The fourth-order valence-electron chi connectivity index (χ4n) is 4.06. The number of piperazine rings is 1. The molecular weight excluding hydrogens is 388 g/mol. The molecule has 0 amide bonds. The van der Waals surface area contributed by atoms with Gasteiger partial charge in [0.2, 0.25) is 0 Å². The fraction of sp³-hybridized carbons (Fsp3) is 0.292. The first kappa shape index (κ1) is 19.5. The van der Waals surface area contributed by atoms with Gasteiger partial charge in [-0.15, -0.1) is 0 Å². The highest BCUT2D eigenvalue weighted by atomic mass is 16.1. The molecule has 0 aliphatic carbocycles. The maximum atomic E-state index is 12.7. The number of rotatable bonds is 4. The standard InChI is InChI=1S/C24H26N6O/c1-17-8-9-19(14-18(17)2)23-26-24-25-20(15-22(31)30(24)27-23)16-28-10-12-29(13-11-28)21-6-4-3-5-7-21/h3-9,14-15H,10-13,16H2,1-2H3,(H,25,26,27). The van der Waals surface area contributed by atoms with Crippen molar-refractivity contribution in [1.82, 2.24) is 24.5 Å². The summed E-state index contributed by atoms with van der Waals surface area (Å²) in [5.41, 5.74) is 5.25. The van der Waals surface area contributed by atoms with Crippen molar-refractivity contribution in [2.45, 2.75) is 20.4 Å². The highest BCUT2D eigenvalue weighted by Crippen LogP contribution is 2.20. The minimum atomic E-state index is -0.134. The third kappa shape index (κ3) is 3.96. The van der Waals surface area contributed by atoms with E-state index >= 15 is 0 Å². The number of H-pyrrole nitrogens is 1.